The fraction of sp³-hybridized carbons (Fsp3) is 0.600. The molecule has 1 aromatic carbocycles. The summed E-state index contributed by atoms with van der Waals surface area (Å²) in [6.45, 7) is 4.28. The van der Waals surface area contributed by atoms with Crippen molar-refractivity contribution in [1.29, 1.82) is 0 Å². The summed E-state index contributed by atoms with van der Waals surface area (Å²) >= 11 is 0. The van der Waals surface area contributed by atoms with E-state index in [0.29, 0.717) is 5.75 Å². The van der Waals surface area contributed by atoms with Crippen LogP contribution >= 0.6 is 7.60 Å². The van der Waals surface area contributed by atoms with E-state index in [1.54, 1.807) is 0 Å². The average molecular weight is 300 g/mol. The lowest BCUT2D eigenvalue weighted by atomic mass is 10.0. The number of aryl methyl sites for hydroxylation is 2. The Hall–Kier alpha value is -0.830. The van der Waals surface area contributed by atoms with Crippen LogP contribution in [-0.2, 0) is 17.4 Å². The Morgan fingerprint density at radius 2 is 1.75 bits per heavy atom. The van der Waals surface area contributed by atoms with Crippen molar-refractivity contribution in [2.24, 2.45) is 0 Å². The molecular weight excluding hydrogens is 275 g/mol. The minimum atomic E-state index is -4.13. The second-order valence-electron chi connectivity index (χ2n) is 5.09. The summed E-state index contributed by atoms with van der Waals surface area (Å²) in [6, 6.07) is 5.94. The fourth-order valence-corrected chi connectivity index (χ4v) is 2.33. The smallest absolute Gasteiger partial charge is 0.362 e. The maximum Gasteiger partial charge on any atom is 0.362 e. The van der Waals surface area contributed by atoms with Gasteiger partial charge in [-0.2, -0.15) is 0 Å². The predicted molar refractivity (Wildman–Crippen MR) is 81.2 cm³/mol. The zero-order valence-corrected chi connectivity index (χ0v) is 13.2. The largest absolute Gasteiger partial charge is 0.481 e. The van der Waals surface area contributed by atoms with Crippen LogP contribution < -0.4 is 4.74 Å². The minimum Gasteiger partial charge on any atom is -0.481 e. The second kappa shape index (κ2) is 8.46. The molecule has 0 atom stereocenters. The third-order valence-corrected chi connectivity index (χ3v) is 3.60. The molecule has 0 aliphatic heterocycles. The van der Waals surface area contributed by atoms with Gasteiger partial charge in [0, 0.05) is 0 Å². The summed E-state index contributed by atoms with van der Waals surface area (Å²) in [6.07, 6.45) is 5.79. The van der Waals surface area contributed by atoms with E-state index in [4.69, 9.17) is 14.5 Å². The highest BCUT2D eigenvalue weighted by molar-refractivity contribution is 7.51. The van der Waals surface area contributed by atoms with Crippen LogP contribution in [-0.4, -0.2) is 16.1 Å². The van der Waals surface area contributed by atoms with Crippen molar-refractivity contribution in [2.75, 3.05) is 6.35 Å². The maximum atomic E-state index is 10.9. The normalized spacial score (nSPS) is 11.6. The molecule has 1 rings (SSSR count). The van der Waals surface area contributed by atoms with Crippen LogP contribution in [0.25, 0.3) is 0 Å². The zero-order valence-electron chi connectivity index (χ0n) is 12.3. The Balaban J connectivity index is 2.82. The molecule has 2 N–H and O–H groups in total. The monoisotopic (exact) mass is 300 g/mol. The van der Waals surface area contributed by atoms with Crippen LogP contribution in [0.3, 0.4) is 0 Å². The molecule has 0 bridgehead atoms. The first-order valence-electron chi connectivity index (χ1n) is 7.25. The Bertz CT molecular complexity index is 453. The first-order valence-corrected chi connectivity index (χ1v) is 9.05. The van der Waals surface area contributed by atoms with Gasteiger partial charge in [-0.1, -0.05) is 38.8 Å². The van der Waals surface area contributed by atoms with Crippen LogP contribution in [0, 0.1) is 0 Å². The topological polar surface area (TPSA) is 66.8 Å². The average Bonchev–Trinajstić information content (AvgIpc) is 2.40. The summed E-state index contributed by atoms with van der Waals surface area (Å²) in [5.41, 5.74) is 2.32. The standard InChI is InChI=1S/C15H25O4P/c1-3-5-7-13-9-10-15(19-12-20(16,17)18)14(11-13)8-6-4-2/h9-11H,3-8,12H2,1-2H3,(H2,16,17,18). The van der Waals surface area contributed by atoms with Gasteiger partial charge in [0.1, 0.15) is 5.75 Å². The molecule has 0 aromatic heterocycles. The van der Waals surface area contributed by atoms with Crippen molar-refractivity contribution in [3.8, 4) is 5.75 Å². The molecule has 0 aliphatic carbocycles. The quantitative estimate of drug-likeness (QED) is 0.679. The molecule has 20 heavy (non-hydrogen) atoms. The van der Waals surface area contributed by atoms with E-state index >= 15 is 0 Å². The highest BCUT2D eigenvalue weighted by Crippen LogP contribution is 2.35. The first-order chi connectivity index (χ1) is 9.46. The third kappa shape index (κ3) is 6.56. The molecule has 0 saturated carbocycles. The van der Waals surface area contributed by atoms with Crippen molar-refractivity contribution < 1.29 is 19.1 Å². The first kappa shape index (κ1) is 17.2. The van der Waals surface area contributed by atoms with Gasteiger partial charge in [0.05, 0.1) is 0 Å². The van der Waals surface area contributed by atoms with Gasteiger partial charge in [0.15, 0.2) is 6.35 Å². The van der Waals surface area contributed by atoms with E-state index in [0.717, 1.165) is 44.1 Å². The van der Waals surface area contributed by atoms with Gasteiger partial charge < -0.3 is 14.5 Å². The Morgan fingerprint density at radius 1 is 1.10 bits per heavy atom. The van der Waals surface area contributed by atoms with Gasteiger partial charge in [-0.25, -0.2) is 0 Å². The molecule has 0 spiro atoms. The maximum absolute atomic E-state index is 10.9. The van der Waals surface area contributed by atoms with Crippen molar-refractivity contribution >= 4 is 7.60 Å². The molecule has 0 unspecified atom stereocenters. The molecule has 0 aliphatic rings. The van der Waals surface area contributed by atoms with Crippen LogP contribution in [0.1, 0.15) is 50.7 Å². The molecule has 0 saturated heterocycles. The van der Waals surface area contributed by atoms with Crippen molar-refractivity contribution in [3.05, 3.63) is 29.3 Å². The number of hydrogen-bond acceptors (Lipinski definition) is 2. The molecule has 4 nitrogen and oxygen atoms in total. The van der Waals surface area contributed by atoms with E-state index < -0.39 is 13.9 Å². The van der Waals surface area contributed by atoms with Crippen LogP contribution in [0.4, 0.5) is 0 Å². The van der Waals surface area contributed by atoms with Crippen molar-refractivity contribution in [2.45, 2.75) is 52.4 Å². The lowest BCUT2D eigenvalue weighted by Crippen LogP contribution is -2.02. The summed E-state index contributed by atoms with van der Waals surface area (Å²) in [7, 11) is -4.13. The van der Waals surface area contributed by atoms with E-state index in [-0.39, 0.29) is 0 Å². The number of unbranched alkanes of at least 4 members (excludes halogenated alkanes) is 2. The molecular formula is C15H25O4P. The van der Waals surface area contributed by atoms with Crippen molar-refractivity contribution in [1.82, 2.24) is 0 Å². The summed E-state index contributed by atoms with van der Waals surface area (Å²) < 4.78 is 16.2. The molecule has 0 heterocycles. The summed E-state index contributed by atoms with van der Waals surface area (Å²) in [5, 5.41) is 0. The van der Waals surface area contributed by atoms with Gasteiger partial charge in [0.2, 0.25) is 0 Å². The van der Waals surface area contributed by atoms with Crippen molar-refractivity contribution in [3.63, 3.8) is 0 Å². The summed E-state index contributed by atoms with van der Waals surface area (Å²) in [5.74, 6) is 0.599. The third-order valence-electron chi connectivity index (χ3n) is 3.13. The highest BCUT2D eigenvalue weighted by Gasteiger charge is 2.15. The van der Waals surface area contributed by atoms with E-state index in [1.165, 1.54) is 5.56 Å². The fourth-order valence-electron chi connectivity index (χ4n) is 2.03. The van der Waals surface area contributed by atoms with Gasteiger partial charge in [-0.15, -0.1) is 0 Å². The number of benzene rings is 1. The Morgan fingerprint density at radius 3 is 2.35 bits per heavy atom. The van der Waals surface area contributed by atoms with Gasteiger partial charge in [-0.3, -0.25) is 4.57 Å². The van der Waals surface area contributed by atoms with Crippen LogP contribution in [0.5, 0.6) is 5.75 Å². The number of rotatable bonds is 9. The highest BCUT2D eigenvalue weighted by atomic mass is 31.2. The van der Waals surface area contributed by atoms with E-state index in [2.05, 4.69) is 19.9 Å². The molecule has 114 valence electrons. The molecule has 1 aromatic rings. The van der Waals surface area contributed by atoms with E-state index in [9.17, 15) is 4.57 Å². The Labute approximate surface area is 121 Å². The summed E-state index contributed by atoms with van der Waals surface area (Å²) in [4.78, 5) is 17.8. The lowest BCUT2D eigenvalue weighted by molar-refractivity contribution is 0.299. The van der Waals surface area contributed by atoms with Gasteiger partial charge in [-0.05, 0) is 42.9 Å². The van der Waals surface area contributed by atoms with E-state index in [1.807, 2.05) is 12.1 Å². The molecule has 0 radical (unpaired) electrons. The van der Waals surface area contributed by atoms with Gasteiger partial charge >= 0.3 is 7.60 Å². The SMILES string of the molecule is CCCCc1ccc(OCP(=O)(O)O)c(CCCC)c1. The lowest BCUT2D eigenvalue weighted by Gasteiger charge is -2.13. The zero-order chi connectivity index (χ0) is 15.0. The van der Waals surface area contributed by atoms with Gasteiger partial charge in [0.25, 0.3) is 0 Å². The Kier molecular flexibility index (Phi) is 7.28. The van der Waals surface area contributed by atoms with Crippen LogP contribution in [0.15, 0.2) is 18.2 Å². The molecule has 5 heteroatoms. The minimum absolute atomic E-state index is 0.555. The van der Waals surface area contributed by atoms with Crippen LogP contribution in [0.2, 0.25) is 0 Å². The second-order valence-corrected chi connectivity index (χ2v) is 6.67. The predicted octanol–water partition coefficient (Wildman–Crippen LogP) is 3.89. The molecule has 0 fully saturated rings. The number of hydrogen-bond donors (Lipinski definition) is 2. The number of ether oxygens (including phenoxy) is 1. The molecule has 0 amide bonds.